The van der Waals surface area contributed by atoms with Gasteiger partial charge in [0.25, 0.3) is 0 Å². The topological polar surface area (TPSA) is 39.0 Å². The highest BCUT2D eigenvalue weighted by Gasteiger charge is 2.16. The van der Waals surface area contributed by atoms with E-state index in [4.69, 9.17) is 0 Å². The van der Waals surface area contributed by atoms with E-state index in [2.05, 4.69) is 23.5 Å². The first-order valence-electron chi connectivity index (χ1n) is 7.23. The summed E-state index contributed by atoms with van der Waals surface area (Å²) in [7, 11) is 1.79. The smallest absolute Gasteiger partial charge is 0.317 e. The van der Waals surface area contributed by atoms with Crippen LogP contribution in [0.2, 0.25) is 0 Å². The van der Waals surface area contributed by atoms with Gasteiger partial charge in [-0.1, -0.05) is 12.1 Å². The highest BCUT2D eigenvalue weighted by atomic mass is 16.1. The zero-order valence-corrected chi connectivity index (χ0v) is 12.1. The molecule has 0 saturated carbocycles. The van der Waals surface area contributed by atoms with E-state index in [1.54, 1.807) is 16.2 Å². The summed E-state index contributed by atoms with van der Waals surface area (Å²) in [5.74, 6) is 0.607. The first kappa shape index (κ1) is 13.2. The molecule has 1 aromatic heterocycles. The van der Waals surface area contributed by atoms with Gasteiger partial charge in [0.15, 0.2) is 0 Å². The van der Waals surface area contributed by atoms with Crippen molar-refractivity contribution in [3.8, 4) is 5.69 Å². The molecule has 1 saturated heterocycles. The average Bonchev–Trinajstić information content (AvgIpc) is 2.73. The molecule has 0 amide bonds. The van der Waals surface area contributed by atoms with Crippen molar-refractivity contribution in [2.45, 2.75) is 25.7 Å². The summed E-state index contributed by atoms with van der Waals surface area (Å²) < 4.78 is 3.41. The van der Waals surface area contributed by atoms with Gasteiger partial charge in [0.2, 0.25) is 0 Å². The van der Waals surface area contributed by atoms with Gasteiger partial charge in [-0.15, -0.1) is 0 Å². The van der Waals surface area contributed by atoms with Crippen LogP contribution in [0.3, 0.4) is 0 Å². The van der Waals surface area contributed by atoms with Gasteiger partial charge >= 0.3 is 5.69 Å². The Labute approximate surface area is 119 Å². The lowest BCUT2D eigenvalue weighted by atomic mass is 9.90. The maximum Gasteiger partial charge on any atom is 0.332 e. The van der Waals surface area contributed by atoms with Crippen LogP contribution in [0.4, 0.5) is 0 Å². The molecule has 1 aliphatic rings. The summed E-state index contributed by atoms with van der Waals surface area (Å²) in [6.45, 7) is 4.14. The fraction of sp³-hybridized carbons (Fsp3) is 0.438. The van der Waals surface area contributed by atoms with Crippen LogP contribution in [0.1, 0.15) is 30.0 Å². The Kier molecular flexibility index (Phi) is 3.49. The standard InChI is InChI=1S/C16H21N3O/c1-12-11-18(2)16(20)19(12)15-5-3-4-14(10-15)13-6-8-17-9-7-13/h3-5,10-11,13,17H,6-9H2,1-2H3. The van der Waals surface area contributed by atoms with Crippen LogP contribution in [-0.4, -0.2) is 22.2 Å². The summed E-state index contributed by atoms with van der Waals surface area (Å²) >= 11 is 0. The van der Waals surface area contributed by atoms with Gasteiger partial charge in [-0.3, -0.25) is 4.57 Å². The number of imidazole rings is 1. The highest BCUT2D eigenvalue weighted by molar-refractivity contribution is 5.39. The van der Waals surface area contributed by atoms with E-state index in [0.717, 1.165) is 24.5 Å². The van der Waals surface area contributed by atoms with Gasteiger partial charge in [-0.05, 0) is 56.5 Å². The molecule has 1 N–H and O–H groups in total. The Hall–Kier alpha value is -1.81. The molecule has 0 spiro atoms. The molecule has 4 heteroatoms. The number of benzene rings is 1. The molecular weight excluding hydrogens is 250 g/mol. The summed E-state index contributed by atoms with van der Waals surface area (Å²) in [5.41, 5.74) is 3.31. The van der Waals surface area contributed by atoms with Crippen molar-refractivity contribution in [1.29, 1.82) is 0 Å². The molecular formula is C16H21N3O. The molecule has 4 nitrogen and oxygen atoms in total. The second kappa shape index (κ2) is 5.29. The van der Waals surface area contributed by atoms with Crippen molar-refractivity contribution in [3.05, 3.63) is 52.2 Å². The van der Waals surface area contributed by atoms with Crippen molar-refractivity contribution in [3.63, 3.8) is 0 Å². The zero-order chi connectivity index (χ0) is 14.1. The van der Waals surface area contributed by atoms with Crippen LogP contribution in [-0.2, 0) is 7.05 Å². The van der Waals surface area contributed by atoms with Gasteiger partial charge in [0, 0.05) is 18.9 Å². The van der Waals surface area contributed by atoms with E-state index in [-0.39, 0.29) is 5.69 Å². The molecule has 0 atom stereocenters. The van der Waals surface area contributed by atoms with E-state index >= 15 is 0 Å². The first-order valence-corrected chi connectivity index (χ1v) is 7.23. The Morgan fingerprint density at radius 3 is 2.65 bits per heavy atom. The third-order valence-corrected chi connectivity index (χ3v) is 4.17. The minimum atomic E-state index is 0.0185. The van der Waals surface area contributed by atoms with Crippen molar-refractivity contribution in [2.24, 2.45) is 7.05 Å². The van der Waals surface area contributed by atoms with E-state index in [1.165, 1.54) is 18.4 Å². The lowest BCUT2D eigenvalue weighted by Gasteiger charge is -2.23. The molecule has 0 aliphatic carbocycles. The Morgan fingerprint density at radius 2 is 2.00 bits per heavy atom. The average molecular weight is 271 g/mol. The molecule has 106 valence electrons. The Bertz CT molecular complexity index is 663. The number of piperidine rings is 1. The molecule has 20 heavy (non-hydrogen) atoms. The predicted molar refractivity (Wildman–Crippen MR) is 80.6 cm³/mol. The molecule has 0 bridgehead atoms. The quantitative estimate of drug-likeness (QED) is 0.907. The van der Waals surface area contributed by atoms with Gasteiger partial charge in [-0.25, -0.2) is 4.79 Å². The number of rotatable bonds is 2. The monoisotopic (exact) mass is 271 g/mol. The molecule has 3 rings (SSSR count). The van der Waals surface area contributed by atoms with E-state index in [0.29, 0.717) is 5.92 Å². The number of aryl methyl sites for hydroxylation is 2. The molecule has 1 aliphatic heterocycles. The third-order valence-electron chi connectivity index (χ3n) is 4.17. The number of hydrogen-bond donors (Lipinski definition) is 1. The summed E-state index contributed by atoms with van der Waals surface area (Å²) in [6.07, 6.45) is 4.22. The first-order chi connectivity index (χ1) is 9.66. The van der Waals surface area contributed by atoms with Crippen LogP contribution in [0.5, 0.6) is 0 Å². The molecule has 2 aromatic rings. The van der Waals surface area contributed by atoms with E-state index in [1.807, 2.05) is 19.2 Å². The zero-order valence-electron chi connectivity index (χ0n) is 12.1. The Morgan fingerprint density at radius 1 is 1.25 bits per heavy atom. The highest BCUT2D eigenvalue weighted by Crippen LogP contribution is 2.26. The number of nitrogens with one attached hydrogen (secondary N) is 1. The van der Waals surface area contributed by atoms with Gasteiger partial charge in [-0.2, -0.15) is 0 Å². The van der Waals surface area contributed by atoms with Crippen molar-refractivity contribution >= 4 is 0 Å². The normalized spacial score (nSPS) is 16.5. The molecule has 2 heterocycles. The van der Waals surface area contributed by atoms with E-state index < -0.39 is 0 Å². The molecule has 0 radical (unpaired) electrons. The van der Waals surface area contributed by atoms with Crippen LogP contribution >= 0.6 is 0 Å². The van der Waals surface area contributed by atoms with E-state index in [9.17, 15) is 4.79 Å². The molecule has 1 fully saturated rings. The van der Waals surface area contributed by atoms with Gasteiger partial charge in [0.1, 0.15) is 0 Å². The maximum atomic E-state index is 12.2. The lowest BCUT2D eigenvalue weighted by Crippen LogP contribution is -2.26. The van der Waals surface area contributed by atoms with Crippen molar-refractivity contribution < 1.29 is 0 Å². The minimum Gasteiger partial charge on any atom is -0.317 e. The fourth-order valence-electron chi connectivity index (χ4n) is 3.09. The minimum absolute atomic E-state index is 0.0185. The predicted octanol–water partition coefficient (Wildman–Crippen LogP) is 1.95. The molecule has 1 aromatic carbocycles. The number of nitrogens with zero attached hydrogens (tertiary/aromatic N) is 2. The molecule has 0 unspecified atom stereocenters. The van der Waals surface area contributed by atoms with Crippen molar-refractivity contribution in [2.75, 3.05) is 13.1 Å². The number of aromatic nitrogens is 2. The second-order valence-electron chi connectivity index (χ2n) is 5.62. The third kappa shape index (κ3) is 2.31. The van der Waals surface area contributed by atoms with Crippen molar-refractivity contribution in [1.82, 2.24) is 14.5 Å². The fourth-order valence-corrected chi connectivity index (χ4v) is 3.09. The second-order valence-corrected chi connectivity index (χ2v) is 5.62. The van der Waals surface area contributed by atoms with Crippen LogP contribution < -0.4 is 11.0 Å². The lowest BCUT2D eigenvalue weighted by molar-refractivity contribution is 0.460. The summed E-state index contributed by atoms with van der Waals surface area (Å²) in [5, 5.41) is 3.39. The maximum absolute atomic E-state index is 12.2. The van der Waals surface area contributed by atoms with Crippen LogP contribution in [0, 0.1) is 6.92 Å². The number of hydrogen-bond acceptors (Lipinski definition) is 2. The van der Waals surface area contributed by atoms with Gasteiger partial charge < -0.3 is 9.88 Å². The summed E-state index contributed by atoms with van der Waals surface area (Å²) in [6, 6.07) is 8.43. The van der Waals surface area contributed by atoms with Crippen LogP contribution in [0.15, 0.2) is 35.3 Å². The van der Waals surface area contributed by atoms with Crippen LogP contribution in [0.25, 0.3) is 5.69 Å². The summed E-state index contributed by atoms with van der Waals surface area (Å²) in [4.78, 5) is 12.2. The largest absolute Gasteiger partial charge is 0.332 e. The SMILES string of the molecule is Cc1cn(C)c(=O)n1-c1cccc(C2CCNCC2)c1. The Balaban J connectivity index is 2.00. The van der Waals surface area contributed by atoms with Gasteiger partial charge in [0.05, 0.1) is 5.69 Å².